The van der Waals surface area contributed by atoms with Crippen molar-refractivity contribution in [1.82, 2.24) is 4.98 Å². The molecule has 0 spiro atoms. The molecule has 1 aromatic heterocycles. The van der Waals surface area contributed by atoms with Crippen molar-refractivity contribution < 1.29 is 4.79 Å². The van der Waals surface area contributed by atoms with Crippen LogP contribution in [0, 0.1) is 6.92 Å². The van der Waals surface area contributed by atoms with Gasteiger partial charge >= 0.3 is 0 Å². The first-order chi connectivity index (χ1) is 7.72. The second-order valence-electron chi connectivity index (χ2n) is 3.50. The van der Waals surface area contributed by atoms with Gasteiger partial charge in [-0.15, -0.1) is 0 Å². The van der Waals surface area contributed by atoms with Gasteiger partial charge in [0.05, 0.1) is 5.69 Å². The van der Waals surface area contributed by atoms with Crippen LogP contribution >= 0.6 is 15.9 Å². The van der Waals surface area contributed by atoms with E-state index in [2.05, 4.69) is 20.9 Å². The average molecular weight is 276 g/mol. The van der Waals surface area contributed by atoms with E-state index in [0.717, 1.165) is 27.6 Å². The highest BCUT2D eigenvalue weighted by molar-refractivity contribution is 9.10. The summed E-state index contributed by atoms with van der Waals surface area (Å²) >= 11 is 3.39. The summed E-state index contributed by atoms with van der Waals surface area (Å²) < 4.78 is 1.03. The van der Waals surface area contributed by atoms with Crippen molar-refractivity contribution in [2.45, 2.75) is 6.92 Å². The molecule has 0 N–H and O–H groups in total. The van der Waals surface area contributed by atoms with Gasteiger partial charge in [0.25, 0.3) is 0 Å². The molecule has 0 saturated carbocycles. The largest absolute Gasteiger partial charge is 0.298 e. The Kier molecular flexibility index (Phi) is 3.15. The number of rotatable bonds is 2. The minimum Gasteiger partial charge on any atom is -0.298 e. The van der Waals surface area contributed by atoms with E-state index in [9.17, 15) is 4.79 Å². The number of nitrogens with zero attached hydrogens (tertiary/aromatic N) is 1. The summed E-state index contributed by atoms with van der Waals surface area (Å²) in [5, 5.41) is 0. The second kappa shape index (κ2) is 4.58. The Morgan fingerprint density at radius 2 is 1.88 bits per heavy atom. The Hall–Kier alpha value is -1.48. The van der Waals surface area contributed by atoms with Crippen molar-refractivity contribution in [2.24, 2.45) is 0 Å². The predicted molar refractivity (Wildman–Crippen MR) is 67.5 cm³/mol. The van der Waals surface area contributed by atoms with Crippen molar-refractivity contribution >= 4 is 22.2 Å². The first kappa shape index (κ1) is 11.0. The van der Waals surface area contributed by atoms with E-state index >= 15 is 0 Å². The zero-order valence-corrected chi connectivity index (χ0v) is 10.4. The highest BCUT2D eigenvalue weighted by Crippen LogP contribution is 2.24. The van der Waals surface area contributed by atoms with Crippen LogP contribution in [0.3, 0.4) is 0 Å². The highest BCUT2D eigenvalue weighted by atomic mass is 79.9. The van der Waals surface area contributed by atoms with Gasteiger partial charge < -0.3 is 0 Å². The van der Waals surface area contributed by atoms with E-state index in [1.165, 1.54) is 0 Å². The number of halogens is 1. The number of benzene rings is 1. The van der Waals surface area contributed by atoms with Gasteiger partial charge in [-0.1, -0.05) is 28.1 Å². The molecule has 0 aliphatic rings. The standard InChI is InChI=1S/C13H10BrNO/c1-9-11(8-16)6-7-15-13(9)10-2-4-12(14)5-3-10/h2-8H,1H3. The summed E-state index contributed by atoms with van der Waals surface area (Å²) in [6, 6.07) is 9.61. The van der Waals surface area contributed by atoms with Gasteiger partial charge in [0.1, 0.15) is 6.29 Å². The van der Waals surface area contributed by atoms with Crippen molar-refractivity contribution in [3.63, 3.8) is 0 Å². The Morgan fingerprint density at radius 1 is 1.19 bits per heavy atom. The molecule has 0 amide bonds. The average Bonchev–Trinajstić information content (AvgIpc) is 2.31. The maximum Gasteiger partial charge on any atom is 0.150 e. The van der Waals surface area contributed by atoms with Gasteiger partial charge in [0.2, 0.25) is 0 Å². The first-order valence-corrected chi connectivity index (χ1v) is 5.68. The van der Waals surface area contributed by atoms with Crippen LogP contribution in [0.2, 0.25) is 0 Å². The SMILES string of the molecule is Cc1c(C=O)ccnc1-c1ccc(Br)cc1. The zero-order valence-electron chi connectivity index (χ0n) is 8.77. The highest BCUT2D eigenvalue weighted by Gasteiger charge is 2.06. The van der Waals surface area contributed by atoms with Crippen LogP contribution in [0.5, 0.6) is 0 Å². The fourth-order valence-corrected chi connectivity index (χ4v) is 1.84. The van der Waals surface area contributed by atoms with Crippen LogP contribution < -0.4 is 0 Å². The molecule has 2 rings (SSSR count). The molecule has 0 fully saturated rings. The molecule has 0 radical (unpaired) electrons. The molecule has 0 bridgehead atoms. The lowest BCUT2D eigenvalue weighted by Gasteiger charge is -2.06. The van der Waals surface area contributed by atoms with Crippen LogP contribution in [-0.2, 0) is 0 Å². The van der Waals surface area contributed by atoms with Crippen LogP contribution in [-0.4, -0.2) is 11.3 Å². The summed E-state index contributed by atoms with van der Waals surface area (Å²) in [7, 11) is 0. The number of pyridine rings is 1. The molecule has 0 unspecified atom stereocenters. The van der Waals surface area contributed by atoms with E-state index < -0.39 is 0 Å². The number of carbonyl (C=O) groups excluding carboxylic acids is 1. The minimum absolute atomic E-state index is 0.688. The molecule has 0 saturated heterocycles. The van der Waals surface area contributed by atoms with Crippen molar-refractivity contribution in [3.05, 3.63) is 52.1 Å². The van der Waals surface area contributed by atoms with Crippen molar-refractivity contribution in [2.75, 3.05) is 0 Å². The zero-order chi connectivity index (χ0) is 11.5. The van der Waals surface area contributed by atoms with Crippen LogP contribution in [0.25, 0.3) is 11.3 Å². The lowest BCUT2D eigenvalue weighted by atomic mass is 10.0. The third kappa shape index (κ3) is 2.04. The Morgan fingerprint density at radius 3 is 2.50 bits per heavy atom. The molecule has 80 valence electrons. The summed E-state index contributed by atoms with van der Waals surface area (Å²) in [4.78, 5) is 15.1. The van der Waals surface area contributed by atoms with Gasteiger partial charge in [-0.25, -0.2) is 0 Å². The molecular weight excluding hydrogens is 266 g/mol. The molecule has 1 aromatic carbocycles. The van der Waals surface area contributed by atoms with Gasteiger partial charge in [-0.3, -0.25) is 9.78 Å². The van der Waals surface area contributed by atoms with E-state index in [0.29, 0.717) is 5.56 Å². The number of aromatic nitrogens is 1. The maximum absolute atomic E-state index is 10.8. The molecule has 2 aromatic rings. The first-order valence-electron chi connectivity index (χ1n) is 4.89. The number of aldehydes is 1. The fourth-order valence-electron chi connectivity index (χ4n) is 1.58. The number of carbonyl (C=O) groups is 1. The Bertz CT molecular complexity index is 520. The van der Waals surface area contributed by atoms with Gasteiger partial charge in [0, 0.05) is 21.8 Å². The van der Waals surface area contributed by atoms with Gasteiger partial charge in [0.15, 0.2) is 0 Å². The molecule has 0 atom stereocenters. The predicted octanol–water partition coefficient (Wildman–Crippen LogP) is 3.63. The molecular formula is C13H10BrNO. The molecule has 0 aliphatic carbocycles. The van der Waals surface area contributed by atoms with Crippen molar-refractivity contribution in [1.29, 1.82) is 0 Å². The monoisotopic (exact) mass is 275 g/mol. The molecule has 0 aliphatic heterocycles. The topological polar surface area (TPSA) is 30.0 Å². The van der Waals surface area contributed by atoms with E-state index in [1.54, 1.807) is 12.3 Å². The quantitative estimate of drug-likeness (QED) is 0.784. The molecule has 2 nitrogen and oxygen atoms in total. The van der Waals surface area contributed by atoms with E-state index in [1.807, 2.05) is 31.2 Å². The van der Waals surface area contributed by atoms with E-state index in [4.69, 9.17) is 0 Å². The fraction of sp³-hybridized carbons (Fsp3) is 0.0769. The smallest absolute Gasteiger partial charge is 0.150 e. The summed E-state index contributed by atoms with van der Waals surface area (Å²) in [6.45, 7) is 1.91. The van der Waals surface area contributed by atoms with Crippen LogP contribution in [0.15, 0.2) is 41.0 Å². The van der Waals surface area contributed by atoms with E-state index in [-0.39, 0.29) is 0 Å². The Labute approximate surface area is 102 Å². The lowest BCUT2D eigenvalue weighted by molar-refractivity contribution is 0.112. The third-order valence-electron chi connectivity index (χ3n) is 2.49. The van der Waals surface area contributed by atoms with Crippen molar-refractivity contribution in [3.8, 4) is 11.3 Å². The number of hydrogen-bond acceptors (Lipinski definition) is 2. The van der Waals surface area contributed by atoms with Crippen LogP contribution in [0.4, 0.5) is 0 Å². The molecule has 3 heteroatoms. The maximum atomic E-state index is 10.8. The minimum atomic E-state index is 0.688. The summed E-state index contributed by atoms with van der Waals surface area (Å²) in [5.41, 5.74) is 3.48. The normalized spacial score (nSPS) is 10.1. The second-order valence-corrected chi connectivity index (χ2v) is 4.41. The lowest BCUT2D eigenvalue weighted by Crippen LogP contribution is -1.93. The van der Waals surface area contributed by atoms with Gasteiger partial charge in [-0.2, -0.15) is 0 Å². The molecule has 1 heterocycles. The Balaban J connectivity index is 2.56. The summed E-state index contributed by atoms with van der Waals surface area (Å²) in [6.07, 6.45) is 2.52. The number of hydrogen-bond donors (Lipinski definition) is 0. The van der Waals surface area contributed by atoms with Gasteiger partial charge in [-0.05, 0) is 30.7 Å². The molecule has 16 heavy (non-hydrogen) atoms. The summed E-state index contributed by atoms with van der Waals surface area (Å²) in [5.74, 6) is 0. The van der Waals surface area contributed by atoms with Crippen LogP contribution in [0.1, 0.15) is 15.9 Å². The third-order valence-corrected chi connectivity index (χ3v) is 3.02.